The lowest BCUT2D eigenvalue weighted by Crippen LogP contribution is -2.54. The Kier molecular flexibility index (Phi) is 8.04. The van der Waals surface area contributed by atoms with Crippen molar-refractivity contribution in [1.29, 1.82) is 0 Å². The van der Waals surface area contributed by atoms with E-state index in [9.17, 15) is 22.8 Å². The Labute approximate surface area is 231 Å². The van der Waals surface area contributed by atoms with Crippen LogP contribution < -0.4 is 20.5 Å². The Morgan fingerprint density at radius 3 is 2.83 bits per heavy atom. The van der Waals surface area contributed by atoms with Crippen molar-refractivity contribution in [3.05, 3.63) is 40.4 Å². The summed E-state index contributed by atoms with van der Waals surface area (Å²) in [4.78, 5) is 32.3. The van der Waals surface area contributed by atoms with Crippen molar-refractivity contribution in [2.75, 3.05) is 56.8 Å². The van der Waals surface area contributed by atoms with E-state index in [0.29, 0.717) is 61.2 Å². The molecule has 2 saturated heterocycles. The zero-order valence-electron chi connectivity index (χ0n) is 22.3. The van der Waals surface area contributed by atoms with Crippen LogP contribution in [0.3, 0.4) is 0 Å². The number of rotatable bonds is 6. The lowest BCUT2D eigenvalue weighted by Gasteiger charge is -2.39. The van der Waals surface area contributed by atoms with Crippen LogP contribution in [0.5, 0.6) is 5.88 Å². The van der Waals surface area contributed by atoms with Crippen molar-refractivity contribution in [3.63, 3.8) is 0 Å². The standard InChI is InChI=1S/C25H29F4N7O5/c1-34-10-14(25(27,28)29)7-19(23(34)37)31-24(38)35(2)20-3-4-36(11-18(20)26)15-8-17-21(30-9-15)32-33-22(17)41-13-16-12-39-5-6-40-16/h7-10,16,18,20H,3-6,11-13H2,1-2H3,(H,31,38)(H,30,32,33)/t16-,18-,20+/m1/s1. The second-order valence-electron chi connectivity index (χ2n) is 9.91. The Hall–Kier alpha value is -3.92. The van der Waals surface area contributed by atoms with Gasteiger partial charge in [0, 0.05) is 26.8 Å². The van der Waals surface area contributed by atoms with Crippen molar-refractivity contribution in [1.82, 2.24) is 24.6 Å². The van der Waals surface area contributed by atoms with Crippen LogP contribution in [-0.2, 0) is 22.7 Å². The number of nitrogens with zero attached hydrogens (tertiary/aromatic N) is 5. The third-order valence-electron chi connectivity index (χ3n) is 7.10. The van der Waals surface area contributed by atoms with E-state index in [4.69, 9.17) is 14.2 Å². The molecular weight excluding hydrogens is 554 g/mol. The molecule has 2 aliphatic rings. The molecule has 41 heavy (non-hydrogen) atoms. The number of urea groups is 1. The third-order valence-corrected chi connectivity index (χ3v) is 7.10. The van der Waals surface area contributed by atoms with Crippen LogP contribution in [0.25, 0.3) is 11.0 Å². The van der Waals surface area contributed by atoms with Gasteiger partial charge in [-0.3, -0.25) is 9.89 Å². The van der Waals surface area contributed by atoms with Crippen LogP contribution in [0.2, 0.25) is 0 Å². The number of alkyl halides is 4. The first-order valence-electron chi connectivity index (χ1n) is 12.9. The van der Waals surface area contributed by atoms with E-state index in [1.165, 1.54) is 7.05 Å². The lowest BCUT2D eigenvalue weighted by molar-refractivity contribution is -0.138. The Balaban J connectivity index is 1.23. The Bertz CT molecular complexity index is 1460. The van der Waals surface area contributed by atoms with Crippen LogP contribution in [0.1, 0.15) is 12.0 Å². The topological polar surface area (TPSA) is 127 Å². The highest BCUT2D eigenvalue weighted by atomic mass is 19.4. The zero-order chi connectivity index (χ0) is 29.3. The highest BCUT2D eigenvalue weighted by Crippen LogP contribution is 2.31. The summed E-state index contributed by atoms with van der Waals surface area (Å²) in [6.07, 6.45) is -3.99. The Morgan fingerprint density at radius 2 is 2.12 bits per heavy atom. The van der Waals surface area contributed by atoms with Gasteiger partial charge in [0.1, 0.15) is 24.6 Å². The molecule has 2 N–H and O–H groups in total. The van der Waals surface area contributed by atoms with E-state index in [1.54, 1.807) is 17.2 Å². The number of ether oxygens (including phenoxy) is 3. The van der Waals surface area contributed by atoms with Gasteiger partial charge in [-0.05, 0) is 18.6 Å². The number of amides is 2. The summed E-state index contributed by atoms with van der Waals surface area (Å²) < 4.78 is 72.4. The molecule has 12 nitrogen and oxygen atoms in total. The number of fused-ring (bicyclic) bond motifs is 1. The molecule has 0 spiro atoms. The number of carbonyl (C=O) groups excluding carboxylic acids is 1. The first kappa shape index (κ1) is 28.6. The van der Waals surface area contributed by atoms with Crippen molar-refractivity contribution in [2.45, 2.75) is 30.9 Å². The van der Waals surface area contributed by atoms with Crippen molar-refractivity contribution < 1.29 is 36.6 Å². The van der Waals surface area contributed by atoms with Crippen LogP contribution in [-0.4, -0.2) is 95.6 Å². The molecule has 2 aliphatic heterocycles. The molecule has 222 valence electrons. The molecule has 0 aromatic carbocycles. The summed E-state index contributed by atoms with van der Waals surface area (Å²) in [5.41, 5.74) is -1.35. The van der Waals surface area contributed by atoms with Gasteiger partial charge in [0.2, 0.25) is 5.88 Å². The van der Waals surface area contributed by atoms with Gasteiger partial charge in [-0.15, -0.1) is 5.10 Å². The van der Waals surface area contributed by atoms with E-state index in [1.807, 2.05) is 0 Å². The molecule has 16 heteroatoms. The fourth-order valence-electron chi connectivity index (χ4n) is 4.83. The van der Waals surface area contributed by atoms with E-state index in [2.05, 4.69) is 20.5 Å². The summed E-state index contributed by atoms with van der Waals surface area (Å²) in [5.74, 6) is 0.326. The number of hydrogen-bond acceptors (Lipinski definition) is 8. The van der Waals surface area contributed by atoms with Gasteiger partial charge in [-0.1, -0.05) is 0 Å². The number of aryl methyl sites for hydroxylation is 1. The minimum atomic E-state index is -4.71. The number of pyridine rings is 2. The average molecular weight is 584 g/mol. The predicted octanol–water partition coefficient (Wildman–Crippen LogP) is 2.55. The molecule has 0 radical (unpaired) electrons. The summed E-state index contributed by atoms with van der Waals surface area (Å²) in [6.45, 7) is 1.98. The van der Waals surface area contributed by atoms with Crippen molar-refractivity contribution in [2.24, 2.45) is 7.05 Å². The summed E-state index contributed by atoms with van der Waals surface area (Å²) >= 11 is 0. The van der Waals surface area contributed by atoms with Gasteiger partial charge in [-0.2, -0.15) is 13.2 Å². The lowest BCUT2D eigenvalue weighted by atomic mass is 10.0. The monoisotopic (exact) mass is 583 g/mol. The maximum Gasteiger partial charge on any atom is 0.417 e. The Morgan fingerprint density at radius 1 is 1.32 bits per heavy atom. The first-order valence-corrected chi connectivity index (χ1v) is 12.9. The van der Waals surface area contributed by atoms with Gasteiger partial charge in [0.15, 0.2) is 5.65 Å². The maximum absolute atomic E-state index is 15.4. The third kappa shape index (κ3) is 6.22. The van der Waals surface area contributed by atoms with Gasteiger partial charge in [0.05, 0.1) is 55.2 Å². The molecule has 3 atom stereocenters. The number of anilines is 2. The van der Waals surface area contributed by atoms with Crippen LogP contribution in [0.15, 0.2) is 29.3 Å². The number of H-pyrrole nitrogens is 1. The van der Waals surface area contributed by atoms with E-state index in [-0.39, 0.29) is 25.7 Å². The molecule has 2 amide bonds. The molecule has 3 aromatic rings. The SMILES string of the molecule is CN(C(=O)Nc1cc(C(F)(F)F)cn(C)c1=O)[C@H]1CCN(c2cnc3[nH]nc(OC[C@H]4COCCO4)c3c2)C[C@H]1F. The molecule has 0 bridgehead atoms. The highest BCUT2D eigenvalue weighted by Gasteiger charge is 2.36. The van der Waals surface area contributed by atoms with Crippen LogP contribution in [0, 0.1) is 0 Å². The van der Waals surface area contributed by atoms with E-state index >= 15 is 4.39 Å². The summed E-state index contributed by atoms with van der Waals surface area (Å²) in [6, 6.07) is 0.587. The smallest absolute Gasteiger partial charge is 0.417 e. The molecule has 0 unspecified atom stereocenters. The van der Waals surface area contributed by atoms with Gasteiger partial charge >= 0.3 is 12.2 Å². The summed E-state index contributed by atoms with van der Waals surface area (Å²) in [7, 11) is 2.49. The van der Waals surface area contributed by atoms with Gasteiger partial charge in [0.25, 0.3) is 5.56 Å². The second-order valence-corrected chi connectivity index (χ2v) is 9.91. The van der Waals surface area contributed by atoms with Crippen LogP contribution >= 0.6 is 0 Å². The molecular formula is C25H29F4N7O5. The van der Waals surface area contributed by atoms with Gasteiger partial charge in [-0.25, -0.2) is 14.2 Å². The quantitative estimate of drug-likeness (QED) is 0.424. The summed E-state index contributed by atoms with van der Waals surface area (Å²) in [5, 5.41) is 9.78. The number of hydrogen-bond donors (Lipinski definition) is 2. The van der Waals surface area contributed by atoms with Gasteiger partial charge < -0.3 is 33.9 Å². The minimum Gasteiger partial charge on any atom is -0.473 e. The molecule has 2 fully saturated rings. The van der Waals surface area contributed by atoms with Crippen LogP contribution in [0.4, 0.5) is 33.7 Å². The molecule has 0 aliphatic carbocycles. The number of aromatic nitrogens is 4. The zero-order valence-corrected chi connectivity index (χ0v) is 22.3. The van der Waals surface area contributed by atoms with Crippen molar-refractivity contribution >= 4 is 28.4 Å². The molecule has 5 heterocycles. The normalized spacial score (nSPS) is 21.6. The number of aromatic amines is 1. The predicted molar refractivity (Wildman–Crippen MR) is 139 cm³/mol. The maximum atomic E-state index is 15.4. The highest BCUT2D eigenvalue weighted by molar-refractivity contribution is 5.89. The number of nitrogens with one attached hydrogen (secondary N) is 2. The fraction of sp³-hybridized carbons (Fsp3) is 0.520. The van der Waals surface area contributed by atoms with Crippen molar-refractivity contribution in [3.8, 4) is 5.88 Å². The fourth-order valence-corrected chi connectivity index (χ4v) is 4.83. The number of carbonyl (C=O) groups is 1. The molecule has 3 aromatic heterocycles. The molecule has 0 saturated carbocycles. The molecule has 5 rings (SSSR count). The first-order chi connectivity index (χ1) is 19.5. The largest absolute Gasteiger partial charge is 0.473 e. The minimum absolute atomic E-state index is 0.0674. The number of piperidine rings is 1. The number of halogens is 4. The average Bonchev–Trinajstić information content (AvgIpc) is 3.36. The second kappa shape index (κ2) is 11.5. The van der Waals surface area contributed by atoms with E-state index in [0.717, 1.165) is 16.5 Å². The van der Waals surface area contributed by atoms with E-state index < -0.39 is 41.2 Å².